The van der Waals surface area contributed by atoms with E-state index in [9.17, 15) is 4.79 Å². The highest BCUT2D eigenvalue weighted by atomic mass is 19.1. The Morgan fingerprint density at radius 1 is 1.14 bits per heavy atom. The third-order valence-corrected chi connectivity index (χ3v) is 6.26. The van der Waals surface area contributed by atoms with Crippen molar-refractivity contribution in [3.05, 3.63) is 59.8 Å². The van der Waals surface area contributed by atoms with E-state index in [0.29, 0.717) is 22.6 Å². The summed E-state index contributed by atoms with van der Waals surface area (Å²) in [5.74, 6) is 0.0908. The fraction of sp³-hybridized carbons (Fsp3) is 0.400. The zero-order chi connectivity index (χ0) is 25.4. The summed E-state index contributed by atoms with van der Waals surface area (Å²) in [4.78, 5) is 25.9. The highest BCUT2D eigenvalue weighted by Gasteiger charge is 2.24. The molecule has 10 nitrogen and oxygen atoms in total. The van der Waals surface area contributed by atoms with Crippen LogP contribution in [0.2, 0.25) is 0 Å². The number of rotatable bonds is 5. The van der Waals surface area contributed by atoms with Crippen molar-refractivity contribution in [2.24, 2.45) is 0 Å². The van der Waals surface area contributed by atoms with Crippen molar-refractivity contribution in [2.75, 3.05) is 38.1 Å². The second-order valence-electron chi connectivity index (χ2n) is 10.1. The van der Waals surface area contributed by atoms with Crippen LogP contribution in [0.5, 0.6) is 0 Å². The van der Waals surface area contributed by atoms with Crippen LogP contribution in [0.25, 0.3) is 16.8 Å². The first-order valence-electron chi connectivity index (χ1n) is 11.9. The molecule has 36 heavy (non-hydrogen) atoms. The summed E-state index contributed by atoms with van der Waals surface area (Å²) in [6.45, 7) is 9.36. The molecule has 0 spiro atoms. The first kappa shape index (κ1) is 23.9. The Morgan fingerprint density at radius 2 is 1.92 bits per heavy atom. The molecule has 0 unspecified atom stereocenters. The predicted molar refractivity (Wildman–Crippen MR) is 132 cm³/mol. The lowest BCUT2D eigenvalue weighted by molar-refractivity contribution is 0.0906. The maximum Gasteiger partial charge on any atom is 0.315 e. The molecular formula is C25H29FN8O2. The Hall–Kier alpha value is -3.86. The Bertz CT molecular complexity index is 1400. The van der Waals surface area contributed by atoms with E-state index in [4.69, 9.17) is 9.51 Å². The van der Waals surface area contributed by atoms with Crippen LogP contribution in [0.3, 0.4) is 0 Å². The summed E-state index contributed by atoms with van der Waals surface area (Å²) < 4.78 is 21.9. The van der Waals surface area contributed by atoms with E-state index < -0.39 is 11.7 Å². The highest BCUT2D eigenvalue weighted by molar-refractivity contribution is 5.89. The molecule has 4 aromatic rings. The summed E-state index contributed by atoms with van der Waals surface area (Å²) in [7, 11) is 2.10. The van der Waals surface area contributed by atoms with Crippen LogP contribution in [0.1, 0.15) is 42.8 Å². The SMILES string of the molecule is CN1CCN(c2cn3nccc3c(-c3ccc(CNC(=O)c4nc(C(C)(C)C)no4)c(F)c3)n2)CC1. The lowest BCUT2D eigenvalue weighted by atomic mass is 9.96. The highest BCUT2D eigenvalue weighted by Crippen LogP contribution is 2.28. The van der Waals surface area contributed by atoms with Gasteiger partial charge in [-0.3, -0.25) is 4.79 Å². The summed E-state index contributed by atoms with van der Waals surface area (Å²) >= 11 is 0. The van der Waals surface area contributed by atoms with Gasteiger partial charge in [-0.25, -0.2) is 13.9 Å². The molecule has 0 aliphatic carbocycles. The minimum Gasteiger partial charge on any atom is -0.353 e. The van der Waals surface area contributed by atoms with Gasteiger partial charge in [0.15, 0.2) is 5.82 Å². The number of anilines is 1. The molecule has 5 rings (SSSR count). The van der Waals surface area contributed by atoms with Gasteiger partial charge in [0.25, 0.3) is 0 Å². The van der Waals surface area contributed by atoms with Crippen LogP contribution in [0.15, 0.2) is 41.2 Å². The van der Waals surface area contributed by atoms with Crippen molar-refractivity contribution in [1.29, 1.82) is 0 Å². The second-order valence-corrected chi connectivity index (χ2v) is 10.1. The number of halogens is 1. The van der Waals surface area contributed by atoms with Crippen molar-refractivity contribution in [1.82, 2.24) is 35.0 Å². The number of nitrogens with one attached hydrogen (secondary N) is 1. The number of amides is 1. The van der Waals surface area contributed by atoms with Crippen LogP contribution in [-0.4, -0.2) is 68.8 Å². The van der Waals surface area contributed by atoms with Crippen LogP contribution >= 0.6 is 0 Å². The van der Waals surface area contributed by atoms with Crippen molar-refractivity contribution in [3.63, 3.8) is 0 Å². The van der Waals surface area contributed by atoms with Crippen LogP contribution in [0, 0.1) is 5.82 Å². The molecule has 1 N–H and O–H groups in total. The normalized spacial score (nSPS) is 15.0. The van der Waals surface area contributed by atoms with Gasteiger partial charge in [-0.15, -0.1) is 0 Å². The molecule has 1 aliphatic heterocycles. The Kier molecular flexibility index (Phi) is 6.17. The van der Waals surface area contributed by atoms with E-state index in [1.165, 1.54) is 6.07 Å². The molecule has 0 bridgehead atoms. The fourth-order valence-electron chi connectivity index (χ4n) is 4.02. The molecule has 188 valence electrons. The van der Waals surface area contributed by atoms with E-state index in [1.54, 1.807) is 22.8 Å². The number of piperazine rings is 1. The van der Waals surface area contributed by atoms with E-state index in [1.807, 2.05) is 33.0 Å². The second kappa shape index (κ2) is 9.30. The molecule has 1 amide bonds. The maximum atomic E-state index is 15.1. The summed E-state index contributed by atoms with van der Waals surface area (Å²) in [6, 6.07) is 6.75. The Balaban J connectivity index is 1.35. The number of fused-ring (bicyclic) bond motifs is 1. The molecule has 1 aliphatic rings. The van der Waals surface area contributed by atoms with Gasteiger partial charge in [-0.1, -0.05) is 38.1 Å². The number of hydrogen-bond donors (Lipinski definition) is 1. The standard InChI is InChI=1S/C25H29FN8O2/c1-25(2,3)24-30-23(36-31-24)22(35)27-14-17-6-5-16(13-18(17)26)21-19-7-8-28-34(19)15-20(29-21)33-11-9-32(4)10-12-33/h5-8,13,15H,9-12,14H2,1-4H3,(H,27,35). The van der Waals surface area contributed by atoms with Gasteiger partial charge >= 0.3 is 11.8 Å². The number of benzene rings is 1. The maximum absolute atomic E-state index is 15.1. The van der Waals surface area contributed by atoms with Gasteiger partial charge in [0, 0.05) is 49.3 Å². The van der Waals surface area contributed by atoms with Crippen LogP contribution in [0.4, 0.5) is 10.2 Å². The number of carbonyl (C=O) groups is 1. The van der Waals surface area contributed by atoms with Crippen molar-refractivity contribution in [3.8, 4) is 11.3 Å². The zero-order valence-corrected chi connectivity index (χ0v) is 20.8. The molecule has 0 radical (unpaired) electrons. The Morgan fingerprint density at radius 3 is 2.61 bits per heavy atom. The molecule has 1 fully saturated rings. The fourth-order valence-corrected chi connectivity index (χ4v) is 4.02. The molecule has 0 atom stereocenters. The number of nitrogens with zero attached hydrogens (tertiary/aromatic N) is 7. The van der Waals surface area contributed by atoms with Gasteiger partial charge in [0.2, 0.25) is 0 Å². The molecule has 0 saturated carbocycles. The number of hydrogen-bond acceptors (Lipinski definition) is 8. The molecular weight excluding hydrogens is 463 g/mol. The molecule has 4 heterocycles. The van der Waals surface area contributed by atoms with Gasteiger partial charge in [0.05, 0.1) is 23.6 Å². The van der Waals surface area contributed by atoms with E-state index in [0.717, 1.165) is 37.5 Å². The smallest absolute Gasteiger partial charge is 0.315 e. The summed E-state index contributed by atoms with van der Waals surface area (Å²) in [6.07, 6.45) is 3.62. The Labute approximate surface area is 208 Å². The minimum absolute atomic E-state index is 0.0188. The van der Waals surface area contributed by atoms with Gasteiger partial charge in [-0.2, -0.15) is 10.1 Å². The van der Waals surface area contributed by atoms with Gasteiger partial charge in [0.1, 0.15) is 11.6 Å². The van der Waals surface area contributed by atoms with E-state index in [2.05, 4.69) is 37.4 Å². The lowest BCUT2D eigenvalue weighted by Gasteiger charge is -2.33. The molecule has 1 aromatic carbocycles. The summed E-state index contributed by atoms with van der Waals surface area (Å²) in [5, 5.41) is 10.9. The topological polar surface area (TPSA) is 105 Å². The average Bonchev–Trinajstić information content (AvgIpc) is 3.53. The molecule has 3 aromatic heterocycles. The zero-order valence-electron chi connectivity index (χ0n) is 20.8. The van der Waals surface area contributed by atoms with Gasteiger partial charge in [-0.05, 0) is 19.2 Å². The number of likely N-dealkylation sites (N-methyl/N-ethyl adjacent to an activating group) is 1. The third-order valence-electron chi connectivity index (χ3n) is 6.26. The monoisotopic (exact) mass is 492 g/mol. The summed E-state index contributed by atoms with van der Waals surface area (Å²) in [5.41, 5.74) is 2.07. The quantitative estimate of drug-likeness (QED) is 0.454. The number of aromatic nitrogens is 5. The van der Waals surface area contributed by atoms with E-state index >= 15 is 4.39 Å². The van der Waals surface area contributed by atoms with Crippen molar-refractivity contribution >= 4 is 17.2 Å². The molecule has 1 saturated heterocycles. The van der Waals surface area contributed by atoms with Crippen molar-refractivity contribution < 1.29 is 13.7 Å². The minimum atomic E-state index is -0.552. The third kappa shape index (κ3) is 4.78. The number of carbonyl (C=O) groups excluding carboxylic acids is 1. The average molecular weight is 493 g/mol. The predicted octanol–water partition coefficient (Wildman–Crippen LogP) is 2.90. The van der Waals surface area contributed by atoms with Gasteiger partial charge < -0.3 is 19.6 Å². The first-order chi connectivity index (χ1) is 17.2. The van der Waals surface area contributed by atoms with Crippen molar-refractivity contribution in [2.45, 2.75) is 32.7 Å². The van der Waals surface area contributed by atoms with Crippen LogP contribution in [-0.2, 0) is 12.0 Å². The lowest BCUT2D eigenvalue weighted by Crippen LogP contribution is -2.44. The van der Waals surface area contributed by atoms with E-state index in [-0.39, 0.29) is 17.9 Å². The molecule has 11 heteroatoms. The largest absolute Gasteiger partial charge is 0.353 e. The van der Waals surface area contributed by atoms with Crippen LogP contribution < -0.4 is 10.2 Å². The first-order valence-corrected chi connectivity index (χ1v) is 11.9.